The molecule has 1 aromatic rings. The average Bonchev–Trinajstić information content (AvgIpc) is 2.43. The second-order valence-corrected chi connectivity index (χ2v) is 5.97. The first-order valence-corrected chi connectivity index (χ1v) is 7.36. The quantitative estimate of drug-likeness (QED) is 0.864. The highest BCUT2D eigenvalue weighted by molar-refractivity contribution is 6.00. The third kappa shape index (κ3) is 2.83. The molecule has 1 heterocycles. The summed E-state index contributed by atoms with van der Waals surface area (Å²) in [4.78, 5) is 24.7. The van der Waals surface area contributed by atoms with E-state index in [4.69, 9.17) is 0 Å². The van der Waals surface area contributed by atoms with Crippen LogP contribution in [-0.4, -0.2) is 35.8 Å². The van der Waals surface area contributed by atoms with Crippen LogP contribution in [0.3, 0.4) is 0 Å². The number of carbonyl (C=O) groups is 2. The van der Waals surface area contributed by atoms with Crippen LogP contribution in [0, 0.1) is 5.82 Å². The van der Waals surface area contributed by atoms with Crippen molar-refractivity contribution >= 4 is 11.8 Å². The van der Waals surface area contributed by atoms with Gasteiger partial charge in [0.05, 0.1) is 6.04 Å². The maximum Gasteiger partial charge on any atom is 0.246 e. The molecule has 5 heteroatoms. The van der Waals surface area contributed by atoms with Gasteiger partial charge in [0.1, 0.15) is 5.82 Å². The van der Waals surface area contributed by atoms with Gasteiger partial charge in [-0.1, -0.05) is 12.1 Å². The summed E-state index contributed by atoms with van der Waals surface area (Å²) in [6.45, 7) is 0. The Morgan fingerprint density at radius 2 is 1.86 bits per heavy atom. The highest BCUT2D eigenvalue weighted by Gasteiger charge is 2.37. The van der Waals surface area contributed by atoms with Crippen LogP contribution >= 0.6 is 0 Å². The zero-order valence-electron chi connectivity index (χ0n) is 12.0. The van der Waals surface area contributed by atoms with E-state index in [0.717, 1.165) is 18.4 Å². The van der Waals surface area contributed by atoms with Crippen LogP contribution < -0.4 is 5.32 Å². The van der Waals surface area contributed by atoms with Gasteiger partial charge in [-0.05, 0) is 42.9 Å². The fourth-order valence-electron chi connectivity index (χ4n) is 3.12. The van der Waals surface area contributed by atoms with E-state index in [9.17, 15) is 14.0 Å². The van der Waals surface area contributed by atoms with E-state index in [0.29, 0.717) is 24.8 Å². The number of piperidine rings is 1. The van der Waals surface area contributed by atoms with Crippen molar-refractivity contribution in [2.75, 3.05) is 7.05 Å². The number of hydrogen-bond donors (Lipinski definition) is 1. The number of likely N-dealkylation sites (N-methyl/N-ethyl adjacent to an activating group) is 1. The van der Waals surface area contributed by atoms with Gasteiger partial charge in [-0.3, -0.25) is 14.5 Å². The van der Waals surface area contributed by atoms with Gasteiger partial charge < -0.3 is 5.32 Å². The summed E-state index contributed by atoms with van der Waals surface area (Å²) in [6, 6.07) is 6.69. The molecule has 1 atom stereocenters. The Morgan fingerprint density at radius 1 is 1.19 bits per heavy atom. The number of nitrogens with one attached hydrogen (secondary N) is 1. The molecular weight excluding hydrogens is 271 g/mol. The number of likely N-dealkylation sites (tertiary alicyclic amines) is 1. The monoisotopic (exact) mass is 290 g/mol. The second kappa shape index (κ2) is 5.56. The number of nitrogens with zero attached hydrogens (tertiary/aromatic N) is 1. The van der Waals surface area contributed by atoms with E-state index in [-0.39, 0.29) is 23.7 Å². The SMILES string of the molecule is CN1C(=O)CCC(NC2CC(c3ccc(F)cc3)C2)C1=O. The zero-order valence-corrected chi connectivity index (χ0v) is 12.0. The Balaban J connectivity index is 1.52. The molecule has 4 nitrogen and oxygen atoms in total. The minimum atomic E-state index is -0.244. The van der Waals surface area contributed by atoms with Crippen molar-refractivity contribution in [3.05, 3.63) is 35.6 Å². The van der Waals surface area contributed by atoms with Gasteiger partial charge in [0.2, 0.25) is 11.8 Å². The van der Waals surface area contributed by atoms with Crippen LogP contribution in [0.2, 0.25) is 0 Å². The van der Waals surface area contributed by atoms with Gasteiger partial charge in [-0.25, -0.2) is 4.39 Å². The van der Waals surface area contributed by atoms with Crippen molar-refractivity contribution in [1.82, 2.24) is 10.2 Å². The molecule has 0 bridgehead atoms. The molecule has 2 fully saturated rings. The predicted molar refractivity (Wildman–Crippen MR) is 76.1 cm³/mol. The van der Waals surface area contributed by atoms with Crippen molar-refractivity contribution in [3.63, 3.8) is 0 Å². The zero-order chi connectivity index (χ0) is 15.0. The lowest BCUT2D eigenvalue weighted by Crippen LogP contribution is -2.56. The molecule has 1 saturated carbocycles. The van der Waals surface area contributed by atoms with E-state index in [1.807, 2.05) is 12.1 Å². The van der Waals surface area contributed by atoms with Crippen molar-refractivity contribution in [1.29, 1.82) is 0 Å². The molecule has 1 aliphatic carbocycles. The second-order valence-electron chi connectivity index (χ2n) is 5.97. The number of carbonyl (C=O) groups excluding carboxylic acids is 2. The first-order valence-electron chi connectivity index (χ1n) is 7.36. The lowest BCUT2D eigenvalue weighted by Gasteiger charge is -2.40. The number of benzene rings is 1. The number of amides is 2. The van der Waals surface area contributed by atoms with Crippen molar-refractivity contribution in [2.45, 2.75) is 43.7 Å². The fourth-order valence-corrected chi connectivity index (χ4v) is 3.12. The minimum absolute atomic E-state index is 0.101. The molecule has 2 amide bonds. The van der Waals surface area contributed by atoms with Crippen molar-refractivity contribution in [3.8, 4) is 0 Å². The molecule has 1 saturated heterocycles. The molecular formula is C16H19FN2O2. The predicted octanol–water partition coefficient (Wildman–Crippen LogP) is 1.81. The van der Waals surface area contributed by atoms with Crippen LogP contribution in [0.1, 0.15) is 37.2 Å². The third-order valence-corrected chi connectivity index (χ3v) is 4.57. The molecule has 1 aromatic carbocycles. The Morgan fingerprint density at radius 3 is 2.52 bits per heavy atom. The summed E-state index contributed by atoms with van der Waals surface area (Å²) in [6.07, 6.45) is 2.91. The first kappa shape index (κ1) is 14.2. The smallest absolute Gasteiger partial charge is 0.246 e. The number of hydrogen-bond acceptors (Lipinski definition) is 3. The lowest BCUT2D eigenvalue weighted by molar-refractivity contribution is -0.148. The Hall–Kier alpha value is -1.75. The van der Waals surface area contributed by atoms with Crippen LogP contribution in [0.15, 0.2) is 24.3 Å². The van der Waals surface area contributed by atoms with Crippen LogP contribution in [0.25, 0.3) is 0 Å². The Labute approximate surface area is 123 Å². The van der Waals surface area contributed by atoms with Crippen molar-refractivity contribution in [2.24, 2.45) is 0 Å². The molecule has 21 heavy (non-hydrogen) atoms. The summed E-state index contributed by atoms with van der Waals surface area (Å²) in [5.74, 6) is -0.0123. The molecule has 0 radical (unpaired) electrons. The number of halogens is 1. The number of rotatable bonds is 3. The van der Waals surface area contributed by atoms with Crippen LogP contribution in [-0.2, 0) is 9.59 Å². The molecule has 2 aliphatic rings. The molecule has 0 spiro atoms. The van der Waals surface area contributed by atoms with Crippen LogP contribution in [0.5, 0.6) is 0 Å². The minimum Gasteiger partial charge on any atom is -0.303 e. The van der Waals surface area contributed by atoms with E-state index < -0.39 is 0 Å². The van der Waals surface area contributed by atoms with E-state index in [1.54, 1.807) is 7.05 Å². The largest absolute Gasteiger partial charge is 0.303 e. The van der Waals surface area contributed by atoms with E-state index in [2.05, 4.69) is 5.32 Å². The van der Waals surface area contributed by atoms with Crippen molar-refractivity contribution < 1.29 is 14.0 Å². The summed E-state index contributed by atoms with van der Waals surface area (Å²) in [7, 11) is 1.54. The molecule has 3 rings (SSSR count). The normalized spacial score (nSPS) is 29.4. The topological polar surface area (TPSA) is 49.4 Å². The highest BCUT2D eigenvalue weighted by atomic mass is 19.1. The Kier molecular flexibility index (Phi) is 3.76. The van der Waals surface area contributed by atoms with Gasteiger partial charge in [0, 0.05) is 19.5 Å². The van der Waals surface area contributed by atoms with Crippen LogP contribution in [0.4, 0.5) is 4.39 Å². The van der Waals surface area contributed by atoms with Gasteiger partial charge in [-0.2, -0.15) is 0 Å². The average molecular weight is 290 g/mol. The van der Waals surface area contributed by atoms with E-state index >= 15 is 0 Å². The summed E-state index contributed by atoms with van der Waals surface area (Å²) in [5.41, 5.74) is 1.15. The molecule has 1 aliphatic heterocycles. The van der Waals surface area contributed by atoms with Gasteiger partial charge >= 0.3 is 0 Å². The summed E-state index contributed by atoms with van der Waals surface area (Å²) in [5, 5.41) is 3.35. The fraction of sp³-hybridized carbons (Fsp3) is 0.500. The highest BCUT2D eigenvalue weighted by Crippen LogP contribution is 2.37. The Bertz CT molecular complexity index is 552. The first-order chi connectivity index (χ1) is 10.0. The summed E-state index contributed by atoms with van der Waals surface area (Å²) >= 11 is 0. The molecule has 0 aromatic heterocycles. The molecule has 1 N–H and O–H groups in total. The van der Waals surface area contributed by atoms with Gasteiger partial charge in [0.15, 0.2) is 0 Å². The molecule has 112 valence electrons. The summed E-state index contributed by atoms with van der Waals surface area (Å²) < 4.78 is 12.9. The van der Waals surface area contributed by atoms with Gasteiger partial charge in [-0.15, -0.1) is 0 Å². The standard InChI is InChI=1S/C16H19FN2O2/c1-19-15(20)7-6-14(16(19)21)18-13-8-11(9-13)10-2-4-12(17)5-3-10/h2-5,11,13-14,18H,6-9H2,1H3. The number of imide groups is 1. The lowest BCUT2D eigenvalue weighted by atomic mass is 9.75. The maximum atomic E-state index is 12.9. The maximum absolute atomic E-state index is 12.9. The van der Waals surface area contributed by atoms with E-state index in [1.165, 1.54) is 17.0 Å². The third-order valence-electron chi connectivity index (χ3n) is 4.57. The molecule has 1 unspecified atom stereocenters. The van der Waals surface area contributed by atoms with Gasteiger partial charge in [0.25, 0.3) is 0 Å².